The summed E-state index contributed by atoms with van der Waals surface area (Å²) in [7, 11) is 0. The second-order valence-electron chi connectivity index (χ2n) is 5.16. The molecule has 110 valence electrons. The van der Waals surface area contributed by atoms with E-state index in [1.807, 2.05) is 29.2 Å². The van der Waals surface area contributed by atoms with E-state index in [-0.39, 0.29) is 5.91 Å². The summed E-state index contributed by atoms with van der Waals surface area (Å²) in [4.78, 5) is 24.0. The zero-order chi connectivity index (χ0) is 14.8. The first-order valence-corrected chi connectivity index (χ1v) is 6.91. The Kier molecular flexibility index (Phi) is 3.57. The summed E-state index contributed by atoms with van der Waals surface area (Å²) in [6, 6.07) is 7.70. The number of aromatic nitrogens is 2. The topological polar surface area (TPSA) is 101 Å². The first-order chi connectivity index (χ1) is 10.1. The van der Waals surface area contributed by atoms with E-state index < -0.39 is 0 Å². The van der Waals surface area contributed by atoms with Crippen molar-refractivity contribution in [2.24, 2.45) is 5.73 Å². The maximum absolute atomic E-state index is 10.9. The van der Waals surface area contributed by atoms with Crippen LogP contribution in [0.25, 0.3) is 10.9 Å². The van der Waals surface area contributed by atoms with E-state index in [4.69, 9.17) is 11.5 Å². The number of amides is 1. The first kappa shape index (κ1) is 13.6. The van der Waals surface area contributed by atoms with Crippen molar-refractivity contribution >= 4 is 28.6 Å². The number of hydrogen-bond acceptors (Lipinski definition) is 6. The van der Waals surface area contributed by atoms with Gasteiger partial charge in [-0.3, -0.25) is 9.69 Å². The molecule has 0 atom stereocenters. The van der Waals surface area contributed by atoms with Gasteiger partial charge in [0.25, 0.3) is 0 Å². The highest BCUT2D eigenvalue weighted by Gasteiger charge is 2.20. The Morgan fingerprint density at radius 3 is 2.57 bits per heavy atom. The van der Waals surface area contributed by atoms with Gasteiger partial charge < -0.3 is 16.4 Å². The summed E-state index contributed by atoms with van der Waals surface area (Å²) in [5, 5.41) is 0.869. The van der Waals surface area contributed by atoms with Crippen molar-refractivity contribution in [3.63, 3.8) is 0 Å². The minimum atomic E-state index is -0.297. The molecule has 1 aliphatic heterocycles. The summed E-state index contributed by atoms with van der Waals surface area (Å²) in [5.74, 6) is 0.842. The van der Waals surface area contributed by atoms with Gasteiger partial charge in [-0.2, -0.15) is 4.98 Å². The van der Waals surface area contributed by atoms with Crippen LogP contribution in [0.2, 0.25) is 0 Å². The van der Waals surface area contributed by atoms with Gasteiger partial charge in [-0.15, -0.1) is 0 Å². The molecule has 1 amide bonds. The third kappa shape index (κ3) is 2.87. The lowest BCUT2D eigenvalue weighted by Crippen LogP contribution is -2.49. The third-order valence-electron chi connectivity index (χ3n) is 3.66. The number of nitrogens with two attached hydrogens (primary N) is 2. The maximum atomic E-state index is 10.9. The highest BCUT2D eigenvalue weighted by molar-refractivity contribution is 5.88. The molecule has 2 aromatic rings. The average molecular weight is 286 g/mol. The second-order valence-corrected chi connectivity index (χ2v) is 5.16. The van der Waals surface area contributed by atoms with Crippen LogP contribution in [-0.4, -0.2) is 53.5 Å². The first-order valence-electron chi connectivity index (χ1n) is 6.91. The molecule has 7 nitrogen and oxygen atoms in total. The number of fused-ring (bicyclic) bond motifs is 1. The largest absolute Gasteiger partial charge is 0.383 e. The van der Waals surface area contributed by atoms with Crippen molar-refractivity contribution in [1.82, 2.24) is 14.9 Å². The van der Waals surface area contributed by atoms with E-state index in [0.717, 1.165) is 37.1 Å². The number of nitrogens with zero attached hydrogens (tertiary/aromatic N) is 4. The van der Waals surface area contributed by atoms with Crippen molar-refractivity contribution in [3.8, 4) is 0 Å². The molecule has 0 radical (unpaired) electrons. The van der Waals surface area contributed by atoms with Crippen LogP contribution >= 0.6 is 0 Å². The molecular formula is C14H18N6O. The van der Waals surface area contributed by atoms with Gasteiger partial charge >= 0.3 is 0 Å². The smallest absolute Gasteiger partial charge is 0.231 e. The lowest BCUT2D eigenvalue weighted by molar-refractivity contribution is -0.119. The summed E-state index contributed by atoms with van der Waals surface area (Å²) in [5.41, 5.74) is 12.1. The van der Waals surface area contributed by atoms with Gasteiger partial charge in [0.05, 0.1) is 12.1 Å². The fraction of sp³-hybridized carbons (Fsp3) is 0.357. The molecule has 21 heavy (non-hydrogen) atoms. The molecule has 0 spiro atoms. The molecule has 4 N–H and O–H groups in total. The molecular weight excluding hydrogens is 268 g/mol. The van der Waals surface area contributed by atoms with E-state index in [9.17, 15) is 4.79 Å². The predicted molar refractivity (Wildman–Crippen MR) is 81.8 cm³/mol. The van der Waals surface area contributed by atoms with Crippen LogP contribution in [-0.2, 0) is 4.79 Å². The Bertz CT molecular complexity index is 666. The Morgan fingerprint density at radius 1 is 1.14 bits per heavy atom. The predicted octanol–water partition coefficient (Wildman–Crippen LogP) is -0.181. The molecule has 1 saturated heterocycles. The van der Waals surface area contributed by atoms with Crippen molar-refractivity contribution in [1.29, 1.82) is 0 Å². The molecule has 7 heteroatoms. The fourth-order valence-corrected chi connectivity index (χ4v) is 2.56. The lowest BCUT2D eigenvalue weighted by atomic mass is 10.2. The Balaban J connectivity index is 1.78. The van der Waals surface area contributed by atoms with Crippen LogP contribution in [0.4, 0.5) is 11.8 Å². The van der Waals surface area contributed by atoms with Crippen LogP contribution in [0.5, 0.6) is 0 Å². The van der Waals surface area contributed by atoms with Gasteiger partial charge in [0.15, 0.2) is 0 Å². The quantitative estimate of drug-likeness (QED) is 0.811. The van der Waals surface area contributed by atoms with Crippen molar-refractivity contribution in [3.05, 3.63) is 24.3 Å². The van der Waals surface area contributed by atoms with E-state index >= 15 is 0 Å². The summed E-state index contributed by atoms with van der Waals surface area (Å²) < 4.78 is 0. The highest BCUT2D eigenvalue weighted by atomic mass is 16.1. The number of piperazine rings is 1. The van der Waals surface area contributed by atoms with Crippen LogP contribution in [0.15, 0.2) is 24.3 Å². The van der Waals surface area contributed by atoms with Crippen LogP contribution in [0.1, 0.15) is 0 Å². The summed E-state index contributed by atoms with van der Waals surface area (Å²) >= 11 is 0. The summed E-state index contributed by atoms with van der Waals surface area (Å²) in [6.45, 7) is 3.34. The standard InChI is InChI=1S/C14H18N6O/c15-12(21)9-19-5-7-20(8-6-19)14-17-11-4-2-1-3-10(11)13(16)18-14/h1-4H,5-9H2,(H2,15,21)(H2,16,17,18). The molecule has 3 rings (SSSR count). The third-order valence-corrected chi connectivity index (χ3v) is 3.66. The average Bonchev–Trinajstić information content (AvgIpc) is 2.47. The number of para-hydroxylation sites is 1. The van der Waals surface area contributed by atoms with Crippen LogP contribution in [0.3, 0.4) is 0 Å². The molecule has 1 aromatic carbocycles. The van der Waals surface area contributed by atoms with E-state index in [0.29, 0.717) is 18.3 Å². The zero-order valence-corrected chi connectivity index (χ0v) is 11.7. The van der Waals surface area contributed by atoms with E-state index in [1.54, 1.807) is 0 Å². The minimum absolute atomic E-state index is 0.297. The molecule has 1 fully saturated rings. The number of benzene rings is 1. The Labute approximate surface area is 122 Å². The fourth-order valence-electron chi connectivity index (χ4n) is 2.56. The zero-order valence-electron chi connectivity index (χ0n) is 11.7. The van der Waals surface area contributed by atoms with Crippen LogP contribution in [0, 0.1) is 0 Å². The number of primary amides is 1. The van der Waals surface area contributed by atoms with Gasteiger partial charge in [-0.25, -0.2) is 4.98 Å². The maximum Gasteiger partial charge on any atom is 0.231 e. The molecule has 1 aliphatic rings. The molecule has 0 aliphatic carbocycles. The number of rotatable bonds is 3. The number of carbonyl (C=O) groups excluding carboxylic acids is 1. The lowest BCUT2D eigenvalue weighted by Gasteiger charge is -2.34. The molecule has 0 saturated carbocycles. The molecule has 0 bridgehead atoms. The Hall–Kier alpha value is -2.41. The SMILES string of the molecule is NC(=O)CN1CCN(c2nc(N)c3ccccc3n2)CC1. The normalized spacial score (nSPS) is 16.3. The molecule has 1 aromatic heterocycles. The molecule has 0 unspecified atom stereocenters. The van der Waals surface area contributed by atoms with E-state index in [1.165, 1.54) is 0 Å². The number of carbonyl (C=O) groups is 1. The number of hydrogen-bond donors (Lipinski definition) is 2. The minimum Gasteiger partial charge on any atom is -0.383 e. The Morgan fingerprint density at radius 2 is 1.86 bits per heavy atom. The van der Waals surface area contributed by atoms with Gasteiger partial charge in [-0.1, -0.05) is 12.1 Å². The van der Waals surface area contributed by atoms with Crippen molar-refractivity contribution in [2.45, 2.75) is 0 Å². The number of anilines is 2. The van der Waals surface area contributed by atoms with Crippen molar-refractivity contribution in [2.75, 3.05) is 43.4 Å². The van der Waals surface area contributed by atoms with Gasteiger partial charge in [-0.05, 0) is 12.1 Å². The van der Waals surface area contributed by atoms with E-state index in [2.05, 4.69) is 14.9 Å². The number of nitrogen functional groups attached to an aromatic ring is 1. The van der Waals surface area contributed by atoms with Gasteiger partial charge in [0.2, 0.25) is 11.9 Å². The van der Waals surface area contributed by atoms with Crippen LogP contribution < -0.4 is 16.4 Å². The highest BCUT2D eigenvalue weighted by Crippen LogP contribution is 2.21. The van der Waals surface area contributed by atoms with Gasteiger partial charge in [0, 0.05) is 31.6 Å². The molecule has 2 heterocycles. The summed E-state index contributed by atoms with van der Waals surface area (Å²) in [6.07, 6.45) is 0. The van der Waals surface area contributed by atoms with Gasteiger partial charge in [0.1, 0.15) is 5.82 Å². The monoisotopic (exact) mass is 286 g/mol. The second kappa shape index (κ2) is 5.53. The van der Waals surface area contributed by atoms with Crippen molar-refractivity contribution < 1.29 is 4.79 Å².